The highest BCUT2D eigenvalue weighted by Crippen LogP contribution is 2.09. The third-order valence-corrected chi connectivity index (χ3v) is 3.57. The van der Waals surface area contributed by atoms with Crippen LogP contribution in [0.25, 0.3) is 0 Å². The molecule has 2 amide bonds. The van der Waals surface area contributed by atoms with Crippen LogP contribution >= 0.6 is 12.2 Å². The van der Waals surface area contributed by atoms with E-state index in [4.69, 9.17) is 12.2 Å². The van der Waals surface area contributed by atoms with Crippen molar-refractivity contribution in [2.24, 2.45) is 0 Å². The zero-order chi connectivity index (χ0) is 18.9. The first-order valence-corrected chi connectivity index (χ1v) is 8.27. The zero-order valence-corrected chi connectivity index (χ0v) is 15.0. The summed E-state index contributed by atoms with van der Waals surface area (Å²) in [6.07, 6.45) is 0.161. The number of benzene rings is 2. The molecule has 0 aliphatic carbocycles. The van der Waals surface area contributed by atoms with Crippen LogP contribution in [0, 0.1) is 5.82 Å². The van der Waals surface area contributed by atoms with Gasteiger partial charge in [0.2, 0.25) is 11.8 Å². The van der Waals surface area contributed by atoms with Crippen LogP contribution < -0.4 is 21.5 Å². The predicted molar refractivity (Wildman–Crippen MR) is 102 cm³/mol. The van der Waals surface area contributed by atoms with Crippen molar-refractivity contribution < 1.29 is 14.0 Å². The summed E-state index contributed by atoms with van der Waals surface area (Å²) in [7, 11) is 0. The van der Waals surface area contributed by atoms with E-state index in [1.54, 1.807) is 36.4 Å². The van der Waals surface area contributed by atoms with E-state index in [1.807, 2.05) is 0 Å². The minimum atomic E-state index is -0.299. The number of nitrogens with one attached hydrogen (secondary N) is 4. The van der Waals surface area contributed by atoms with Gasteiger partial charge in [-0.05, 0) is 47.6 Å². The number of anilines is 1. The van der Waals surface area contributed by atoms with E-state index in [1.165, 1.54) is 19.1 Å². The first kappa shape index (κ1) is 19.3. The van der Waals surface area contributed by atoms with Gasteiger partial charge >= 0.3 is 0 Å². The fourth-order valence-electron chi connectivity index (χ4n) is 2.09. The molecule has 0 heterocycles. The number of carbonyl (C=O) groups is 2. The van der Waals surface area contributed by atoms with Gasteiger partial charge in [0.25, 0.3) is 0 Å². The molecule has 0 saturated heterocycles. The molecule has 0 spiro atoms. The molecule has 2 aromatic carbocycles. The molecule has 2 rings (SSSR count). The van der Waals surface area contributed by atoms with Crippen molar-refractivity contribution in [3.05, 3.63) is 65.5 Å². The minimum Gasteiger partial charge on any atom is -0.357 e. The monoisotopic (exact) mass is 374 g/mol. The van der Waals surface area contributed by atoms with E-state index >= 15 is 0 Å². The van der Waals surface area contributed by atoms with Gasteiger partial charge in [0.1, 0.15) is 5.82 Å². The SMILES string of the molecule is CC(=O)Nc1ccc(CC(=O)NNC(=S)NCc2ccc(F)cc2)cc1. The van der Waals surface area contributed by atoms with Gasteiger partial charge in [-0.15, -0.1) is 0 Å². The number of hydrogen-bond acceptors (Lipinski definition) is 3. The molecular weight excluding hydrogens is 355 g/mol. The summed E-state index contributed by atoms with van der Waals surface area (Å²) in [6.45, 7) is 1.84. The third-order valence-electron chi connectivity index (χ3n) is 3.32. The van der Waals surface area contributed by atoms with E-state index in [0.29, 0.717) is 12.2 Å². The number of hydrogen-bond donors (Lipinski definition) is 4. The predicted octanol–water partition coefficient (Wildman–Crippen LogP) is 2.02. The Morgan fingerprint density at radius 1 is 0.962 bits per heavy atom. The average molecular weight is 374 g/mol. The fraction of sp³-hybridized carbons (Fsp3) is 0.167. The lowest BCUT2D eigenvalue weighted by atomic mass is 10.1. The first-order valence-electron chi connectivity index (χ1n) is 7.86. The number of amides is 2. The highest BCUT2D eigenvalue weighted by molar-refractivity contribution is 7.80. The smallest absolute Gasteiger partial charge is 0.242 e. The van der Waals surface area contributed by atoms with Crippen molar-refractivity contribution in [1.82, 2.24) is 16.2 Å². The van der Waals surface area contributed by atoms with Crippen molar-refractivity contribution >= 4 is 34.8 Å². The first-order chi connectivity index (χ1) is 12.4. The van der Waals surface area contributed by atoms with Crippen LogP contribution in [0.1, 0.15) is 18.1 Å². The minimum absolute atomic E-state index is 0.152. The normalized spacial score (nSPS) is 9.92. The average Bonchev–Trinajstić information content (AvgIpc) is 2.61. The number of halogens is 1. The Kier molecular flexibility index (Phi) is 7.04. The van der Waals surface area contributed by atoms with E-state index < -0.39 is 0 Å². The molecule has 6 nitrogen and oxygen atoms in total. The van der Waals surface area contributed by atoms with E-state index in [9.17, 15) is 14.0 Å². The molecular formula is C18H19FN4O2S. The van der Waals surface area contributed by atoms with Gasteiger partial charge in [0.05, 0.1) is 6.42 Å². The molecule has 0 aliphatic rings. The van der Waals surface area contributed by atoms with E-state index in [-0.39, 0.29) is 29.2 Å². The lowest BCUT2D eigenvalue weighted by molar-refractivity contribution is -0.121. The summed E-state index contributed by atoms with van der Waals surface area (Å²) >= 11 is 5.07. The molecule has 2 aromatic rings. The van der Waals surface area contributed by atoms with Crippen LogP contribution in [0.3, 0.4) is 0 Å². The molecule has 0 fully saturated rings. The molecule has 0 atom stereocenters. The van der Waals surface area contributed by atoms with Crippen LogP contribution in [-0.4, -0.2) is 16.9 Å². The maximum atomic E-state index is 12.8. The van der Waals surface area contributed by atoms with Crippen LogP contribution in [0.15, 0.2) is 48.5 Å². The molecule has 136 valence electrons. The second kappa shape index (κ2) is 9.47. The second-order valence-corrected chi connectivity index (χ2v) is 5.95. The highest BCUT2D eigenvalue weighted by Gasteiger charge is 2.05. The molecule has 0 aromatic heterocycles. The third kappa shape index (κ3) is 6.86. The van der Waals surface area contributed by atoms with Crippen LogP contribution in [-0.2, 0) is 22.6 Å². The fourth-order valence-corrected chi connectivity index (χ4v) is 2.22. The molecule has 0 saturated carbocycles. The topological polar surface area (TPSA) is 82.3 Å². The largest absolute Gasteiger partial charge is 0.357 e. The van der Waals surface area contributed by atoms with E-state index in [2.05, 4.69) is 21.5 Å². The summed E-state index contributed by atoms with van der Waals surface area (Å²) in [5.41, 5.74) is 7.44. The Morgan fingerprint density at radius 3 is 2.19 bits per heavy atom. The van der Waals surface area contributed by atoms with Gasteiger partial charge in [-0.25, -0.2) is 4.39 Å². The Hall–Kier alpha value is -3.00. The van der Waals surface area contributed by atoms with Crippen molar-refractivity contribution in [2.75, 3.05) is 5.32 Å². The maximum absolute atomic E-state index is 12.8. The van der Waals surface area contributed by atoms with Gasteiger partial charge in [0, 0.05) is 19.2 Å². The lowest BCUT2D eigenvalue weighted by Crippen LogP contribution is -2.47. The zero-order valence-electron chi connectivity index (χ0n) is 14.1. The van der Waals surface area contributed by atoms with Gasteiger partial charge in [-0.1, -0.05) is 24.3 Å². The van der Waals surface area contributed by atoms with Gasteiger partial charge < -0.3 is 10.6 Å². The Morgan fingerprint density at radius 2 is 1.58 bits per heavy atom. The quantitative estimate of drug-likeness (QED) is 0.476. The molecule has 8 heteroatoms. The number of carbonyl (C=O) groups excluding carboxylic acids is 2. The van der Waals surface area contributed by atoms with Crippen molar-refractivity contribution in [1.29, 1.82) is 0 Å². The summed E-state index contributed by atoms with van der Waals surface area (Å²) in [6, 6.07) is 13.0. The Bertz CT molecular complexity index is 779. The standard InChI is InChI=1S/C18H19FN4O2S/c1-12(24)21-16-8-4-13(5-9-16)10-17(25)22-23-18(26)20-11-14-2-6-15(19)7-3-14/h2-9H,10-11H2,1H3,(H,21,24)(H,22,25)(H2,20,23,26). The molecule has 0 radical (unpaired) electrons. The maximum Gasteiger partial charge on any atom is 0.242 e. The molecule has 0 aliphatic heterocycles. The summed E-state index contributed by atoms with van der Waals surface area (Å²) in [5, 5.41) is 5.82. The number of rotatable bonds is 5. The van der Waals surface area contributed by atoms with Crippen LogP contribution in [0.2, 0.25) is 0 Å². The van der Waals surface area contributed by atoms with Crippen LogP contribution in [0.5, 0.6) is 0 Å². The molecule has 0 unspecified atom stereocenters. The summed E-state index contributed by atoms with van der Waals surface area (Å²) < 4.78 is 12.8. The summed E-state index contributed by atoms with van der Waals surface area (Å²) in [4.78, 5) is 22.9. The molecule has 0 bridgehead atoms. The summed E-state index contributed by atoms with van der Waals surface area (Å²) in [5.74, 6) is -0.712. The lowest BCUT2D eigenvalue weighted by Gasteiger charge is -2.12. The van der Waals surface area contributed by atoms with Gasteiger partial charge in [-0.2, -0.15) is 0 Å². The number of hydrazine groups is 1. The number of thiocarbonyl (C=S) groups is 1. The van der Waals surface area contributed by atoms with Crippen molar-refractivity contribution in [2.45, 2.75) is 19.9 Å². The highest BCUT2D eigenvalue weighted by atomic mass is 32.1. The van der Waals surface area contributed by atoms with Crippen LogP contribution in [0.4, 0.5) is 10.1 Å². The Balaban J connectivity index is 1.71. The molecule has 4 N–H and O–H groups in total. The van der Waals surface area contributed by atoms with E-state index in [0.717, 1.165) is 11.1 Å². The second-order valence-electron chi connectivity index (χ2n) is 5.54. The van der Waals surface area contributed by atoms with Gasteiger partial charge in [0.15, 0.2) is 5.11 Å². The van der Waals surface area contributed by atoms with Crippen molar-refractivity contribution in [3.63, 3.8) is 0 Å². The molecule has 26 heavy (non-hydrogen) atoms. The Labute approximate surface area is 156 Å². The van der Waals surface area contributed by atoms with Gasteiger partial charge in [-0.3, -0.25) is 20.4 Å². The van der Waals surface area contributed by atoms with Crippen molar-refractivity contribution in [3.8, 4) is 0 Å².